The van der Waals surface area contributed by atoms with Crippen LogP contribution < -0.4 is 0 Å². The van der Waals surface area contributed by atoms with Crippen molar-refractivity contribution in [1.82, 2.24) is 4.57 Å². The summed E-state index contributed by atoms with van der Waals surface area (Å²) in [5.41, 5.74) is 2.02. The highest BCUT2D eigenvalue weighted by Crippen LogP contribution is 2.29. The Morgan fingerprint density at radius 1 is 1.35 bits per heavy atom. The molecule has 0 N–H and O–H groups in total. The maximum absolute atomic E-state index is 12.9. The van der Waals surface area contributed by atoms with E-state index in [-0.39, 0.29) is 5.82 Å². The maximum Gasteiger partial charge on any atom is 0.161 e. The summed E-state index contributed by atoms with van der Waals surface area (Å²) in [6.45, 7) is 0. The quantitative estimate of drug-likeness (QED) is 0.598. The van der Waals surface area contributed by atoms with Gasteiger partial charge in [0.05, 0.1) is 5.69 Å². The molecular weight excluding hydrogens is 277 g/mol. The molecule has 1 nitrogen and oxygen atoms in total. The summed E-state index contributed by atoms with van der Waals surface area (Å²) < 4.78 is 15.7. The SMILES string of the molecule is Cn1c(-c2ccc(F)cc2)c(CCCl)sc1=S. The number of hydrogen-bond donors (Lipinski definition) is 0. The third-order valence-electron chi connectivity index (χ3n) is 2.52. The number of alkyl halides is 1. The fourth-order valence-corrected chi connectivity index (χ4v) is 3.41. The topological polar surface area (TPSA) is 4.93 Å². The van der Waals surface area contributed by atoms with Crippen molar-refractivity contribution in [3.8, 4) is 11.3 Å². The van der Waals surface area contributed by atoms with E-state index < -0.39 is 0 Å². The molecule has 2 rings (SSSR count). The first-order chi connectivity index (χ1) is 8.13. The van der Waals surface area contributed by atoms with E-state index >= 15 is 0 Å². The van der Waals surface area contributed by atoms with E-state index in [0.717, 1.165) is 26.5 Å². The Labute approximate surface area is 113 Å². The largest absolute Gasteiger partial charge is 0.326 e. The lowest BCUT2D eigenvalue weighted by atomic mass is 10.1. The molecule has 1 aromatic heterocycles. The van der Waals surface area contributed by atoms with Gasteiger partial charge >= 0.3 is 0 Å². The van der Waals surface area contributed by atoms with Crippen LogP contribution in [0, 0.1) is 9.77 Å². The van der Waals surface area contributed by atoms with E-state index in [0.29, 0.717) is 5.88 Å². The molecule has 0 radical (unpaired) electrons. The smallest absolute Gasteiger partial charge is 0.161 e. The minimum atomic E-state index is -0.232. The highest BCUT2D eigenvalue weighted by atomic mass is 35.5. The number of aryl methyl sites for hydroxylation is 1. The van der Waals surface area contributed by atoms with Crippen molar-refractivity contribution in [2.75, 3.05) is 5.88 Å². The predicted molar refractivity (Wildman–Crippen MR) is 73.9 cm³/mol. The minimum absolute atomic E-state index is 0.232. The fraction of sp³-hybridized carbons (Fsp3) is 0.250. The predicted octanol–water partition coefficient (Wildman–Crippen LogP) is 4.40. The van der Waals surface area contributed by atoms with Crippen LogP contribution in [-0.2, 0) is 13.5 Å². The first kappa shape index (κ1) is 12.7. The number of hydrogen-bond acceptors (Lipinski definition) is 2. The van der Waals surface area contributed by atoms with Gasteiger partial charge in [-0.1, -0.05) is 0 Å². The van der Waals surface area contributed by atoms with Gasteiger partial charge in [-0.2, -0.15) is 0 Å². The third kappa shape index (κ3) is 2.59. The second-order valence-corrected chi connectivity index (χ2v) is 5.75. The number of rotatable bonds is 3. The van der Waals surface area contributed by atoms with Crippen LogP contribution in [-0.4, -0.2) is 10.4 Å². The van der Waals surface area contributed by atoms with Crippen molar-refractivity contribution < 1.29 is 4.39 Å². The molecule has 0 saturated heterocycles. The van der Waals surface area contributed by atoms with Gasteiger partial charge in [0, 0.05) is 17.8 Å². The van der Waals surface area contributed by atoms with Gasteiger partial charge in [0.2, 0.25) is 0 Å². The van der Waals surface area contributed by atoms with Crippen LogP contribution in [0.4, 0.5) is 4.39 Å². The molecule has 0 unspecified atom stereocenters. The molecule has 1 heterocycles. The van der Waals surface area contributed by atoms with Crippen LogP contribution in [0.25, 0.3) is 11.3 Å². The van der Waals surface area contributed by atoms with Gasteiger partial charge in [0.1, 0.15) is 5.82 Å². The van der Waals surface area contributed by atoms with Crippen LogP contribution in [0.2, 0.25) is 0 Å². The number of halogens is 2. The fourth-order valence-electron chi connectivity index (χ4n) is 1.72. The highest BCUT2D eigenvalue weighted by Gasteiger charge is 2.12. The van der Waals surface area contributed by atoms with Gasteiger partial charge in [-0.15, -0.1) is 22.9 Å². The summed E-state index contributed by atoms with van der Waals surface area (Å²) in [7, 11) is 1.93. The zero-order valence-corrected chi connectivity index (χ0v) is 11.6. The van der Waals surface area contributed by atoms with E-state index in [9.17, 15) is 4.39 Å². The summed E-state index contributed by atoms with van der Waals surface area (Å²) >= 11 is 12.6. The Morgan fingerprint density at radius 3 is 2.59 bits per heavy atom. The molecule has 0 aliphatic heterocycles. The average Bonchev–Trinajstić information content (AvgIpc) is 2.57. The van der Waals surface area contributed by atoms with E-state index in [1.165, 1.54) is 12.1 Å². The van der Waals surface area contributed by atoms with Crippen LogP contribution in [0.3, 0.4) is 0 Å². The van der Waals surface area contributed by atoms with Gasteiger partial charge in [-0.05, 0) is 48.5 Å². The Balaban J connectivity index is 2.57. The van der Waals surface area contributed by atoms with E-state index in [2.05, 4.69) is 0 Å². The molecule has 0 atom stereocenters. The Morgan fingerprint density at radius 2 is 2.00 bits per heavy atom. The molecule has 0 fully saturated rings. The van der Waals surface area contributed by atoms with E-state index in [4.69, 9.17) is 23.8 Å². The van der Waals surface area contributed by atoms with Crippen LogP contribution in [0.15, 0.2) is 24.3 Å². The summed E-state index contributed by atoms with van der Waals surface area (Å²) in [5.74, 6) is 0.327. The first-order valence-corrected chi connectivity index (χ1v) is 6.90. The number of nitrogens with zero attached hydrogens (tertiary/aromatic N) is 1. The van der Waals surface area contributed by atoms with Crippen molar-refractivity contribution in [3.63, 3.8) is 0 Å². The van der Waals surface area contributed by atoms with E-state index in [1.807, 2.05) is 11.6 Å². The van der Waals surface area contributed by atoms with Crippen molar-refractivity contribution in [2.45, 2.75) is 6.42 Å². The van der Waals surface area contributed by atoms with Gasteiger partial charge in [0.25, 0.3) is 0 Å². The molecule has 90 valence electrons. The molecule has 2 aromatic rings. The molecule has 0 saturated carbocycles. The monoisotopic (exact) mass is 287 g/mol. The summed E-state index contributed by atoms with van der Waals surface area (Å²) in [6, 6.07) is 6.45. The Hall–Kier alpha value is -0.710. The number of aromatic nitrogens is 1. The van der Waals surface area contributed by atoms with Crippen LogP contribution >= 0.6 is 35.2 Å². The molecule has 0 aliphatic rings. The van der Waals surface area contributed by atoms with Gasteiger partial charge in [-0.3, -0.25) is 0 Å². The molecule has 0 bridgehead atoms. The minimum Gasteiger partial charge on any atom is -0.326 e. The van der Waals surface area contributed by atoms with Crippen molar-refractivity contribution in [2.24, 2.45) is 7.05 Å². The Kier molecular flexibility index (Phi) is 3.97. The Bertz CT molecular complexity index is 571. The van der Waals surface area contributed by atoms with Gasteiger partial charge in [-0.25, -0.2) is 4.39 Å². The maximum atomic E-state index is 12.9. The molecule has 0 amide bonds. The number of benzene rings is 1. The summed E-state index contributed by atoms with van der Waals surface area (Å²) in [4.78, 5) is 1.15. The van der Waals surface area contributed by atoms with Crippen LogP contribution in [0.5, 0.6) is 0 Å². The average molecular weight is 288 g/mol. The van der Waals surface area contributed by atoms with Crippen molar-refractivity contribution in [3.05, 3.63) is 38.9 Å². The zero-order valence-electron chi connectivity index (χ0n) is 9.24. The number of thiazole rings is 1. The van der Waals surface area contributed by atoms with E-state index in [1.54, 1.807) is 23.5 Å². The second kappa shape index (κ2) is 5.29. The normalized spacial score (nSPS) is 10.8. The zero-order chi connectivity index (χ0) is 12.4. The molecule has 0 spiro atoms. The standard InChI is InChI=1S/C12H11ClFNS2/c1-15-11(8-2-4-9(14)5-3-8)10(6-7-13)17-12(15)16/h2-5H,6-7H2,1H3. The molecular formula is C12H11ClFNS2. The third-order valence-corrected chi connectivity index (χ3v) is 4.33. The molecule has 5 heteroatoms. The van der Waals surface area contributed by atoms with Crippen LogP contribution in [0.1, 0.15) is 4.88 Å². The molecule has 17 heavy (non-hydrogen) atoms. The lowest BCUT2D eigenvalue weighted by molar-refractivity contribution is 0.628. The summed E-state index contributed by atoms with van der Waals surface area (Å²) in [5, 5.41) is 0. The first-order valence-electron chi connectivity index (χ1n) is 5.14. The lowest BCUT2D eigenvalue weighted by Crippen LogP contribution is -1.95. The van der Waals surface area contributed by atoms with Crippen molar-refractivity contribution in [1.29, 1.82) is 0 Å². The summed E-state index contributed by atoms with van der Waals surface area (Å²) in [6.07, 6.45) is 0.781. The van der Waals surface area contributed by atoms with Crippen molar-refractivity contribution >= 4 is 35.2 Å². The lowest BCUT2D eigenvalue weighted by Gasteiger charge is -2.06. The second-order valence-electron chi connectivity index (χ2n) is 3.64. The van der Waals surface area contributed by atoms with Gasteiger partial charge in [0.15, 0.2) is 3.95 Å². The molecule has 1 aromatic carbocycles. The van der Waals surface area contributed by atoms with Gasteiger partial charge < -0.3 is 4.57 Å². The molecule has 0 aliphatic carbocycles. The highest BCUT2D eigenvalue weighted by molar-refractivity contribution is 7.73.